The zero-order chi connectivity index (χ0) is 10.8. The maximum absolute atomic E-state index is 10.7. The topological polar surface area (TPSA) is 82.3 Å². The van der Waals surface area contributed by atoms with E-state index in [0.29, 0.717) is 6.29 Å². The number of nitrogens with zero attached hydrogens (tertiary/aromatic N) is 2. The lowest BCUT2D eigenvalue weighted by Crippen LogP contribution is -2.03. The van der Waals surface area contributed by atoms with Gasteiger partial charge in [-0.05, 0) is 12.8 Å². The Hall–Kier alpha value is -1.98. The molecule has 0 amide bonds. The normalized spacial score (nSPS) is 14.7. The molecule has 6 heteroatoms. The minimum atomic E-state index is -0.622. The van der Waals surface area contributed by atoms with Gasteiger partial charge in [0, 0.05) is 6.20 Å². The maximum Gasteiger partial charge on any atom is 0.324 e. The van der Waals surface area contributed by atoms with Crippen molar-refractivity contribution in [3.63, 3.8) is 0 Å². The third-order valence-electron chi connectivity index (χ3n) is 2.04. The fraction of sp³-hybridized carbons (Fsp3) is 0.333. The van der Waals surface area contributed by atoms with Crippen LogP contribution in [0.3, 0.4) is 0 Å². The number of ether oxygens (including phenoxy) is 1. The molecule has 1 heterocycles. The molecule has 0 radical (unpaired) electrons. The fourth-order valence-corrected chi connectivity index (χ4v) is 1.18. The van der Waals surface area contributed by atoms with Crippen LogP contribution in [0.25, 0.3) is 0 Å². The molecular weight excluding hydrogens is 200 g/mol. The number of aldehydes is 1. The molecule has 78 valence electrons. The van der Waals surface area contributed by atoms with Crippen molar-refractivity contribution in [2.45, 2.75) is 18.9 Å². The number of hydrogen-bond donors (Lipinski definition) is 0. The molecule has 0 atom stereocenters. The summed E-state index contributed by atoms with van der Waals surface area (Å²) < 4.78 is 5.30. The highest BCUT2D eigenvalue weighted by molar-refractivity contribution is 5.82. The van der Waals surface area contributed by atoms with E-state index in [4.69, 9.17) is 4.74 Å². The lowest BCUT2D eigenvalue weighted by molar-refractivity contribution is -0.386. The highest BCUT2D eigenvalue weighted by Gasteiger charge is 2.29. The van der Waals surface area contributed by atoms with Gasteiger partial charge in [-0.1, -0.05) is 0 Å². The predicted molar refractivity (Wildman–Crippen MR) is 49.9 cm³/mol. The summed E-state index contributed by atoms with van der Waals surface area (Å²) in [4.78, 5) is 24.4. The Morgan fingerprint density at radius 1 is 1.53 bits per heavy atom. The van der Waals surface area contributed by atoms with Crippen LogP contribution in [0.15, 0.2) is 12.4 Å². The molecule has 6 nitrogen and oxygen atoms in total. The van der Waals surface area contributed by atoms with E-state index in [0.717, 1.165) is 19.0 Å². The second-order valence-electron chi connectivity index (χ2n) is 3.27. The number of nitro groups is 1. The molecule has 0 saturated heterocycles. The fourth-order valence-electron chi connectivity index (χ4n) is 1.18. The van der Waals surface area contributed by atoms with Crippen molar-refractivity contribution in [1.29, 1.82) is 0 Å². The number of hydrogen-bond acceptors (Lipinski definition) is 5. The molecule has 1 aromatic heterocycles. The summed E-state index contributed by atoms with van der Waals surface area (Å²) in [6, 6.07) is 0. The highest BCUT2D eigenvalue weighted by Crippen LogP contribution is 2.34. The smallest absolute Gasteiger partial charge is 0.324 e. The molecule has 0 N–H and O–H groups in total. The van der Waals surface area contributed by atoms with Gasteiger partial charge in [-0.15, -0.1) is 0 Å². The van der Waals surface area contributed by atoms with Gasteiger partial charge < -0.3 is 4.74 Å². The average molecular weight is 208 g/mol. The van der Waals surface area contributed by atoms with E-state index in [1.165, 1.54) is 6.20 Å². The molecule has 2 rings (SSSR count). The summed E-state index contributed by atoms with van der Waals surface area (Å²) in [6.07, 6.45) is 4.65. The van der Waals surface area contributed by atoms with Crippen LogP contribution in [0.4, 0.5) is 5.69 Å². The van der Waals surface area contributed by atoms with Crippen LogP contribution in [0, 0.1) is 10.1 Å². The van der Waals surface area contributed by atoms with Gasteiger partial charge in [0.1, 0.15) is 5.56 Å². The van der Waals surface area contributed by atoms with Crippen LogP contribution in [0.5, 0.6) is 5.75 Å². The first kappa shape index (κ1) is 9.57. The summed E-state index contributed by atoms with van der Waals surface area (Å²) in [7, 11) is 0. The van der Waals surface area contributed by atoms with Gasteiger partial charge in [0.2, 0.25) is 5.75 Å². The van der Waals surface area contributed by atoms with Crippen LogP contribution < -0.4 is 4.74 Å². The lowest BCUT2D eigenvalue weighted by atomic mass is 10.2. The van der Waals surface area contributed by atoms with Crippen LogP contribution in [-0.2, 0) is 0 Å². The quantitative estimate of drug-likeness (QED) is 0.423. The molecule has 1 fully saturated rings. The van der Waals surface area contributed by atoms with Crippen molar-refractivity contribution in [1.82, 2.24) is 4.98 Å². The molecule has 0 aromatic carbocycles. The summed E-state index contributed by atoms with van der Waals surface area (Å²) in [6.45, 7) is 0. The Balaban J connectivity index is 2.41. The minimum Gasteiger partial charge on any atom is -0.482 e. The van der Waals surface area contributed by atoms with Crippen LogP contribution in [0.1, 0.15) is 23.2 Å². The van der Waals surface area contributed by atoms with Crippen molar-refractivity contribution < 1.29 is 14.5 Å². The molecule has 15 heavy (non-hydrogen) atoms. The molecule has 0 aliphatic heterocycles. The second-order valence-corrected chi connectivity index (χ2v) is 3.27. The van der Waals surface area contributed by atoms with Crippen molar-refractivity contribution in [3.8, 4) is 5.75 Å². The number of carbonyl (C=O) groups excluding carboxylic acids is 1. The van der Waals surface area contributed by atoms with E-state index >= 15 is 0 Å². The Morgan fingerprint density at radius 3 is 2.80 bits per heavy atom. The first-order valence-electron chi connectivity index (χ1n) is 4.46. The van der Waals surface area contributed by atoms with Crippen molar-refractivity contribution in [2.75, 3.05) is 0 Å². The third-order valence-corrected chi connectivity index (χ3v) is 2.04. The molecule has 1 aliphatic rings. The molecule has 0 unspecified atom stereocenters. The Morgan fingerprint density at radius 2 is 2.27 bits per heavy atom. The van der Waals surface area contributed by atoms with Crippen LogP contribution >= 0.6 is 0 Å². The lowest BCUT2D eigenvalue weighted by Gasteiger charge is -2.04. The zero-order valence-corrected chi connectivity index (χ0v) is 7.75. The summed E-state index contributed by atoms with van der Waals surface area (Å²) in [5.74, 6) is 0.0760. The van der Waals surface area contributed by atoms with Gasteiger partial charge in [-0.2, -0.15) is 0 Å². The van der Waals surface area contributed by atoms with Crippen molar-refractivity contribution in [2.24, 2.45) is 0 Å². The van der Waals surface area contributed by atoms with Gasteiger partial charge in [-0.25, -0.2) is 0 Å². The maximum atomic E-state index is 10.7. The predicted octanol–water partition coefficient (Wildman–Crippen LogP) is 1.34. The van der Waals surface area contributed by atoms with E-state index in [-0.39, 0.29) is 23.1 Å². The number of aromatic nitrogens is 1. The van der Waals surface area contributed by atoms with E-state index in [1.807, 2.05) is 0 Å². The van der Waals surface area contributed by atoms with Crippen molar-refractivity contribution >= 4 is 12.0 Å². The van der Waals surface area contributed by atoms with E-state index < -0.39 is 4.92 Å². The molecule has 1 aliphatic carbocycles. The largest absolute Gasteiger partial charge is 0.482 e. The Labute approximate surface area is 85.0 Å². The van der Waals surface area contributed by atoms with Crippen LogP contribution in [0.2, 0.25) is 0 Å². The van der Waals surface area contributed by atoms with Gasteiger partial charge in [0.25, 0.3) is 0 Å². The SMILES string of the molecule is O=Cc1cncc(OC2CC2)c1[N+](=O)[O-]. The van der Waals surface area contributed by atoms with Gasteiger partial charge in [-0.3, -0.25) is 19.9 Å². The summed E-state index contributed by atoms with van der Waals surface area (Å²) in [5, 5.41) is 10.7. The Bertz CT molecular complexity index is 415. The summed E-state index contributed by atoms with van der Waals surface area (Å²) >= 11 is 0. The van der Waals surface area contributed by atoms with Crippen LogP contribution in [-0.4, -0.2) is 22.3 Å². The monoisotopic (exact) mass is 208 g/mol. The van der Waals surface area contributed by atoms with E-state index in [2.05, 4.69) is 4.98 Å². The number of carbonyl (C=O) groups is 1. The number of rotatable bonds is 4. The molecule has 0 spiro atoms. The first-order valence-corrected chi connectivity index (χ1v) is 4.46. The summed E-state index contributed by atoms with van der Waals surface area (Å²) in [5.41, 5.74) is -0.356. The van der Waals surface area contributed by atoms with Gasteiger partial charge in [0.15, 0.2) is 6.29 Å². The highest BCUT2D eigenvalue weighted by atomic mass is 16.6. The van der Waals surface area contributed by atoms with E-state index in [9.17, 15) is 14.9 Å². The zero-order valence-electron chi connectivity index (χ0n) is 7.75. The van der Waals surface area contributed by atoms with Gasteiger partial charge >= 0.3 is 5.69 Å². The second kappa shape index (κ2) is 3.64. The molecular formula is C9H8N2O4. The standard InChI is InChI=1S/C9H8N2O4/c12-5-6-3-10-4-8(9(6)11(13)14)15-7-1-2-7/h3-5,7H,1-2H2. The third kappa shape index (κ3) is 1.93. The average Bonchev–Trinajstić information content (AvgIpc) is 3.01. The molecule has 1 saturated carbocycles. The molecule has 0 bridgehead atoms. The van der Waals surface area contributed by atoms with E-state index in [1.54, 1.807) is 0 Å². The number of pyridine rings is 1. The molecule has 1 aromatic rings. The van der Waals surface area contributed by atoms with Gasteiger partial charge in [0.05, 0.1) is 17.2 Å². The minimum absolute atomic E-state index is 0.0346. The van der Waals surface area contributed by atoms with Crippen molar-refractivity contribution in [3.05, 3.63) is 28.1 Å². The first-order chi connectivity index (χ1) is 7.22. The Kier molecular flexibility index (Phi) is 2.32.